The van der Waals surface area contributed by atoms with Crippen LogP contribution in [0.15, 0.2) is 24.3 Å². The molecular weight excluding hydrogens is 328 g/mol. The molecule has 0 aliphatic carbocycles. The number of nitrogens with one attached hydrogen (secondary N) is 2. The third kappa shape index (κ3) is 5.65. The highest BCUT2D eigenvalue weighted by molar-refractivity contribution is 5.94. The zero-order chi connectivity index (χ0) is 15.9. The second kappa shape index (κ2) is 9.87. The molecule has 6 heteroatoms. The number of carbonyl (C=O) groups is 1. The van der Waals surface area contributed by atoms with Crippen molar-refractivity contribution in [2.45, 2.75) is 31.8 Å². The molecule has 0 saturated carbocycles. The van der Waals surface area contributed by atoms with E-state index in [1.54, 1.807) is 0 Å². The van der Waals surface area contributed by atoms with Crippen LogP contribution in [0, 0.1) is 5.92 Å². The second-order valence-electron chi connectivity index (χ2n) is 6.40. The Morgan fingerprint density at radius 3 is 3.00 bits per heavy atom. The molecule has 2 aliphatic heterocycles. The van der Waals surface area contributed by atoms with Gasteiger partial charge in [0.15, 0.2) is 0 Å². The van der Waals surface area contributed by atoms with Crippen molar-refractivity contribution in [2.75, 3.05) is 32.8 Å². The zero-order valence-corrected chi connectivity index (χ0v) is 14.8. The lowest BCUT2D eigenvalue weighted by molar-refractivity contribution is 0.0679. The molecule has 1 aromatic carbocycles. The number of rotatable bonds is 6. The Morgan fingerprint density at radius 1 is 1.33 bits per heavy atom. The average Bonchev–Trinajstić information content (AvgIpc) is 3.12. The van der Waals surface area contributed by atoms with E-state index < -0.39 is 0 Å². The quantitative estimate of drug-likeness (QED) is 0.823. The molecule has 2 heterocycles. The van der Waals surface area contributed by atoms with Crippen LogP contribution < -0.4 is 15.4 Å². The van der Waals surface area contributed by atoms with E-state index in [0.717, 1.165) is 44.8 Å². The molecule has 1 aromatic rings. The van der Waals surface area contributed by atoms with Gasteiger partial charge in [-0.3, -0.25) is 4.79 Å². The van der Waals surface area contributed by atoms with Crippen LogP contribution in [0.3, 0.4) is 0 Å². The molecular formula is C18H27ClN2O3. The number of benzene rings is 1. The molecule has 3 rings (SSSR count). The SMILES string of the molecule is Cl.O=C(NCC1CCCNC1)c1cccc(OCC2CCCO2)c1. The van der Waals surface area contributed by atoms with Crippen molar-refractivity contribution in [2.24, 2.45) is 5.92 Å². The average molecular weight is 355 g/mol. The van der Waals surface area contributed by atoms with Gasteiger partial charge in [-0.05, 0) is 62.9 Å². The summed E-state index contributed by atoms with van der Waals surface area (Å²) in [6, 6.07) is 7.38. The molecule has 2 fully saturated rings. The fourth-order valence-electron chi connectivity index (χ4n) is 3.13. The van der Waals surface area contributed by atoms with E-state index in [1.807, 2.05) is 24.3 Å². The summed E-state index contributed by atoms with van der Waals surface area (Å²) in [4.78, 5) is 12.3. The van der Waals surface area contributed by atoms with E-state index in [1.165, 1.54) is 12.8 Å². The number of ether oxygens (including phenoxy) is 2. The summed E-state index contributed by atoms with van der Waals surface area (Å²) in [5, 5.41) is 6.40. The molecule has 0 aromatic heterocycles. The summed E-state index contributed by atoms with van der Waals surface area (Å²) in [7, 11) is 0. The fourth-order valence-corrected chi connectivity index (χ4v) is 3.13. The normalized spacial score (nSPS) is 23.3. The molecule has 1 amide bonds. The number of hydrogen-bond donors (Lipinski definition) is 2. The van der Waals surface area contributed by atoms with E-state index >= 15 is 0 Å². The van der Waals surface area contributed by atoms with Gasteiger partial charge in [0.2, 0.25) is 0 Å². The van der Waals surface area contributed by atoms with Crippen LogP contribution in [0.4, 0.5) is 0 Å². The molecule has 2 N–H and O–H groups in total. The smallest absolute Gasteiger partial charge is 0.251 e. The predicted octanol–water partition coefficient (Wildman–Crippen LogP) is 2.40. The summed E-state index contributed by atoms with van der Waals surface area (Å²) < 4.78 is 11.3. The summed E-state index contributed by atoms with van der Waals surface area (Å²) in [5.41, 5.74) is 0.651. The Bertz CT molecular complexity index is 515. The lowest BCUT2D eigenvalue weighted by atomic mass is 9.99. The Labute approximate surface area is 149 Å². The molecule has 0 radical (unpaired) electrons. The molecule has 0 spiro atoms. The highest BCUT2D eigenvalue weighted by atomic mass is 35.5. The van der Waals surface area contributed by atoms with Gasteiger partial charge in [-0.2, -0.15) is 0 Å². The van der Waals surface area contributed by atoms with E-state index in [4.69, 9.17) is 9.47 Å². The molecule has 2 unspecified atom stereocenters. The van der Waals surface area contributed by atoms with Gasteiger partial charge in [-0.25, -0.2) is 0 Å². The Morgan fingerprint density at radius 2 is 2.25 bits per heavy atom. The van der Waals surface area contributed by atoms with E-state index in [-0.39, 0.29) is 24.4 Å². The third-order valence-corrected chi connectivity index (χ3v) is 4.51. The van der Waals surface area contributed by atoms with Crippen molar-refractivity contribution in [3.05, 3.63) is 29.8 Å². The first kappa shape index (κ1) is 19.0. The monoisotopic (exact) mass is 354 g/mol. The molecule has 24 heavy (non-hydrogen) atoms. The van der Waals surface area contributed by atoms with Crippen LogP contribution in [0.2, 0.25) is 0 Å². The lowest BCUT2D eigenvalue weighted by Crippen LogP contribution is -2.38. The minimum absolute atomic E-state index is 0. The maximum Gasteiger partial charge on any atom is 0.251 e. The molecule has 2 aliphatic rings. The van der Waals surface area contributed by atoms with Crippen LogP contribution in [-0.2, 0) is 4.74 Å². The van der Waals surface area contributed by atoms with Crippen molar-refractivity contribution in [3.63, 3.8) is 0 Å². The van der Waals surface area contributed by atoms with Gasteiger partial charge in [0.25, 0.3) is 5.91 Å². The van der Waals surface area contributed by atoms with E-state index in [9.17, 15) is 4.79 Å². The van der Waals surface area contributed by atoms with Crippen molar-refractivity contribution in [3.8, 4) is 5.75 Å². The first-order chi connectivity index (χ1) is 11.3. The molecule has 2 atom stereocenters. The molecule has 5 nitrogen and oxygen atoms in total. The number of hydrogen-bond acceptors (Lipinski definition) is 4. The van der Waals surface area contributed by atoms with Gasteiger partial charge >= 0.3 is 0 Å². The van der Waals surface area contributed by atoms with Crippen molar-refractivity contribution >= 4 is 18.3 Å². The van der Waals surface area contributed by atoms with Crippen LogP contribution >= 0.6 is 12.4 Å². The van der Waals surface area contributed by atoms with Gasteiger partial charge < -0.3 is 20.1 Å². The van der Waals surface area contributed by atoms with Gasteiger partial charge in [-0.15, -0.1) is 12.4 Å². The van der Waals surface area contributed by atoms with Crippen LogP contribution in [0.25, 0.3) is 0 Å². The summed E-state index contributed by atoms with van der Waals surface area (Å²) in [5.74, 6) is 1.23. The Hall–Kier alpha value is -1.30. The van der Waals surface area contributed by atoms with Crippen LogP contribution in [-0.4, -0.2) is 44.9 Å². The van der Waals surface area contributed by atoms with Gasteiger partial charge in [-0.1, -0.05) is 6.07 Å². The predicted molar refractivity (Wildman–Crippen MR) is 96.1 cm³/mol. The summed E-state index contributed by atoms with van der Waals surface area (Å²) >= 11 is 0. The second-order valence-corrected chi connectivity index (χ2v) is 6.40. The highest BCUT2D eigenvalue weighted by Gasteiger charge is 2.17. The zero-order valence-electron chi connectivity index (χ0n) is 14.0. The minimum Gasteiger partial charge on any atom is -0.491 e. The van der Waals surface area contributed by atoms with E-state index in [2.05, 4.69) is 10.6 Å². The molecule has 134 valence electrons. The summed E-state index contributed by atoms with van der Waals surface area (Å²) in [6.45, 7) is 4.19. The Balaban J connectivity index is 0.00000208. The standard InChI is InChI=1S/C18H26N2O3.ClH/c21-18(20-12-14-4-2-8-19-11-14)15-5-1-6-16(10-15)23-13-17-7-3-9-22-17;/h1,5-6,10,14,17,19H,2-4,7-9,11-13H2,(H,20,21);1H. The first-order valence-electron chi connectivity index (χ1n) is 8.64. The van der Waals surface area contributed by atoms with Gasteiger partial charge in [0, 0.05) is 18.7 Å². The maximum absolute atomic E-state index is 12.3. The summed E-state index contributed by atoms with van der Waals surface area (Å²) in [6.07, 6.45) is 4.71. The Kier molecular flexibility index (Phi) is 7.82. The van der Waals surface area contributed by atoms with Crippen molar-refractivity contribution < 1.29 is 14.3 Å². The first-order valence-corrected chi connectivity index (χ1v) is 8.64. The van der Waals surface area contributed by atoms with E-state index in [0.29, 0.717) is 18.1 Å². The van der Waals surface area contributed by atoms with Gasteiger partial charge in [0.05, 0.1) is 6.10 Å². The fraction of sp³-hybridized carbons (Fsp3) is 0.611. The lowest BCUT2D eigenvalue weighted by Gasteiger charge is -2.22. The largest absolute Gasteiger partial charge is 0.491 e. The van der Waals surface area contributed by atoms with Gasteiger partial charge in [0.1, 0.15) is 12.4 Å². The molecule has 2 saturated heterocycles. The third-order valence-electron chi connectivity index (χ3n) is 4.51. The topological polar surface area (TPSA) is 59.6 Å². The number of halogens is 1. The number of piperidine rings is 1. The number of carbonyl (C=O) groups excluding carboxylic acids is 1. The molecule has 0 bridgehead atoms. The van der Waals surface area contributed by atoms with Crippen LogP contribution in [0.5, 0.6) is 5.75 Å². The minimum atomic E-state index is -0.0295. The van der Waals surface area contributed by atoms with Crippen LogP contribution in [0.1, 0.15) is 36.0 Å². The number of amides is 1. The van der Waals surface area contributed by atoms with Crippen molar-refractivity contribution in [1.82, 2.24) is 10.6 Å². The highest BCUT2D eigenvalue weighted by Crippen LogP contribution is 2.17. The van der Waals surface area contributed by atoms with Crippen molar-refractivity contribution in [1.29, 1.82) is 0 Å². The maximum atomic E-state index is 12.3.